The molecule has 20 heavy (non-hydrogen) atoms. The summed E-state index contributed by atoms with van der Waals surface area (Å²) in [6.45, 7) is 1.95. The Hall–Kier alpha value is -1.69. The van der Waals surface area contributed by atoms with Gasteiger partial charge in [0.1, 0.15) is 11.3 Å². The molecule has 1 N–H and O–H groups in total. The van der Waals surface area contributed by atoms with Crippen LogP contribution in [-0.2, 0) is 4.79 Å². The number of alkyl halides is 2. The number of ether oxygens (including phenoxy) is 1. The summed E-state index contributed by atoms with van der Waals surface area (Å²) < 4.78 is 29.3. The Morgan fingerprint density at radius 2 is 1.90 bits per heavy atom. The molecule has 1 atom stereocenters. The van der Waals surface area contributed by atoms with Crippen LogP contribution in [0.1, 0.15) is 32.4 Å². The fraction of sp³-hybridized carbons (Fsp3) is 0.500. The number of hydrogen-bond donors (Lipinski definition) is 1. The topological polar surface area (TPSA) is 49.8 Å². The molecule has 0 fully saturated rings. The predicted octanol–water partition coefficient (Wildman–Crippen LogP) is 3.14. The minimum atomic E-state index is -2.92. The molecule has 1 unspecified atom stereocenters. The number of likely N-dealkylation sites (N-methyl/N-ethyl adjacent to an activating group) is 1. The van der Waals surface area contributed by atoms with Gasteiger partial charge in [-0.25, -0.2) is 0 Å². The molecule has 0 aliphatic carbocycles. The van der Waals surface area contributed by atoms with Crippen molar-refractivity contribution in [2.24, 2.45) is 0 Å². The molecule has 0 bridgehead atoms. The lowest BCUT2D eigenvalue weighted by molar-refractivity contribution is -0.149. The molecule has 1 rings (SSSR count). The van der Waals surface area contributed by atoms with Gasteiger partial charge in [0.2, 0.25) is 0 Å². The number of para-hydroxylation sites is 1. The van der Waals surface area contributed by atoms with Gasteiger partial charge in [0.25, 0.3) is 0 Å². The number of nitrogens with zero attached hydrogens (tertiary/aromatic N) is 1. The summed E-state index contributed by atoms with van der Waals surface area (Å²) in [4.78, 5) is 12.9. The van der Waals surface area contributed by atoms with Gasteiger partial charge in [-0.3, -0.25) is 9.69 Å². The molecule has 6 heteroatoms. The first-order chi connectivity index (χ1) is 9.17. The number of carboxylic acids is 1. The number of carboxylic acid groups (broad SMARTS) is 1. The van der Waals surface area contributed by atoms with Crippen LogP contribution in [0.5, 0.6) is 5.75 Å². The first-order valence-electron chi connectivity index (χ1n) is 6.18. The Labute approximate surface area is 117 Å². The normalized spacial score (nSPS) is 13.6. The zero-order valence-electron chi connectivity index (χ0n) is 11.9. The highest BCUT2D eigenvalue weighted by molar-refractivity contribution is 5.77. The van der Waals surface area contributed by atoms with Gasteiger partial charge in [0.05, 0.1) is 0 Å². The van der Waals surface area contributed by atoms with Crippen LogP contribution in [0.25, 0.3) is 0 Å². The van der Waals surface area contributed by atoms with Crippen molar-refractivity contribution in [1.29, 1.82) is 0 Å². The molecule has 0 radical (unpaired) electrons. The number of hydrogen-bond acceptors (Lipinski definition) is 3. The van der Waals surface area contributed by atoms with E-state index >= 15 is 0 Å². The monoisotopic (exact) mass is 287 g/mol. The van der Waals surface area contributed by atoms with Crippen molar-refractivity contribution >= 4 is 5.97 Å². The summed E-state index contributed by atoms with van der Waals surface area (Å²) >= 11 is 0. The van der Waals surface area contributed by atoms with Crippen LogP contribution < -0.4 is 4.74 Å². The van der Waals surface area contributed by atoms with E-state index in [4.69, 9.17) is 0 Å². The highest BCUT2D eigenvalue weighted by Gasteiger charge is 2.36. The highest BCUT2D eigenvalue weighted by Crippen LogP contribution is 2.33. The second kappa shape index (κ2) is 6.17. The third-order valence-electron chi connectivity index (χ3n) is 3.57. The number of rotatable bonds is 6. The van der Waals surface area contributed by atoms with E-state index in [0.717, 1.165) is 0 Å². The van der Waals surface area contributed by atoms with Crippen LogP contribution in [0, 0.1) is 0 Å². The third kappa shape index (κ3) is 3.45. The summed E-state index contributed by atoms with van der Waals surface area (Å²) in [5, 5.41) is 9.23. The van der Waals surface area contributed by atoms with E-state index < -0.39 is 24.2 Å². The summed E-state index contributed by atoms with van der Waals surface area (Å²) in [7, 11) is 1.64. The van der Waals surface area contributed by atoms with E-state index in [-0.39, 0.29) is 5.75 Å². The Balaban J connectivity index is 3.09. The molecular formula is C14H19F2NO3. The SMILES string of the molecule is CC(c1ccccc1OC(F)F)N(C)C(C)(C)C(=O)O. The minimum Gasteiger partial charge on any atom is -0.480 e. The summed E-state index contributed by atoms with van der Waals surface area (Å²) in [6, 6.07) is 5.99. The van der Waals surface area contributed by atoms with E-state index in [9.17, 15) is 18.7 Å². The highest BCUT2D eigenvalue weighted by atomic mass is 19.3. The van der Waals surface area contributed by atoms with E-state index in [1.807, 2.05) is 0 Å². The fourth-order valence-electron chi connectivity index (χ4n) is 1.87. The van der Waals surface area contributed by atoms with Crippen LogP contribution >= 0.6 is 0 Å². The maximum atomic E-state index is 12.4. The van der Waals surface area contributed by atoms with Crippen molar-refractivity contribution in [3.05, 3.63) is 29.8 Å². The number of halogens is 2. The van der Waals surface area contributed by atoms with E-state index in [1.165, 1.54) is 6.07 Å². The molecule has 1 aromatic rings. The Morgan fingerprint density at radius 3 is 2.40 bits per heavy atom. The van der Waals surface area contributed by atoms with Gasteiger partial charge in [-0.2, -0.15) is 8.78 Å². The van der Waals surface area contributed by atoms with Gasteiger partial charge in [-0.05, 0) is 33.9 Å². The van der Waals surface area contributed by atoms with Crippen LogP contribution in [0.15, 0.2) is 24.3 Å². The largest absolute Gasteiger partial charge is 0.480 e. The molecule has 0 amide bonds. The second-order valence-electron chi connectivity index (χ2n) is 5.07. The molecule has 0 saturated heterocycles. The minimum absolute atomic E-state index is 0.0584. The maximum Gasteiger partial charge on any atom is 0.387 e. The van der Waals surface area contributed by atoms with Crippen molar-refractivity contribution in [3.63, 3.8) is 0 Å². The molecule has 0 aromatic heterocycles. The van der Waals surface area contributed by atoms with Crippen LogP contribution in [0.3, 0.4) is 0 Å². The second-order valence-corrected chi connectivity index (χ2v) is 5.07. The number of carbonyl (C=O) groups is 1. The van der Waals surface area contributed by atoms with Gasteiger partial charge in [0.15, 0.2) is 0 Å². The Bertz CT molecular complexity index is 477. The molecule has 0 heterocycles. The first kappa shape index (κ1) is 16.4. The lowest BCUT2D eigenvalue weighted by Gasteiger charge is -2.37. The summed E-state index contributed by atoms with van der Waals surface area (Å²) in [5.74, 6) is -0.929. The molecule has 0 aliphatic rings. The van der Waals surface area contributed by atoms with E-state index in [0.29, 0.717) is 5.56 Å². The van der Waals surface area contributed by atoms with E-state index in [2.05, 4.69) is 4.74 Å². The first-order valence-corrected chi connectivity index (χ1v) is 6.18. The standard InChI is InChI=1S/C14H19F2NO3/c1-9(17(4)14(2,3)12(18)19)10-7-5-6-8-11(10)20-13(15)16/h5-9,13H,1-4H3,(H,18,19). The smallest absolute Gasteiger partial charge is 0.387 e. The van der Waals surface area contributed by atoms with Gasteiger partial charge < -0.3 is 9.84 Å². The van der Waals surface area contributed by atoms with Gasteiger partial charge >= 0.3 is 12.6 Å². The van der Waals surface area contributed by atoms with Crippen molar-refractivity contribution in [2.45, 2.75) is 39.0 Å². The van der Waals surface area contributed by atoms with Gasteiger partial charge in [-0.15, -0.1) is 0 Å². The predicted molar refractivity (Wildman–Crippen MR) is 71.0 cm³/mol. The molecule has 1 aromatic carbocycles. The van der Waals surface area contributed by atoms with Gasteiger partial charge in [0, 0.05) is 11.6 Å². The number of benzene rings is 1. The van der Waals surface area contributed by atoms with Crippen LogP contribution in [-0.4, -0.2) is 35.2 Å². The molecule has 112 valence electrons. The average Bonchev–Trinajstić information content (AvgIpc) is 2.36. The Kier molecular flexibility index (Phi) is 5.05. The average molecular weight is 287 g/mol. The zero-order chi connectivity index (χ0) is 15.5. The summed E-state index contributed by atoms with van der Waals surface area (Å²) in [6.07, 6.45) is 0. The third-order valence-corrected chi connectivity index (χ3v) is 3.57. The van der Waals surface area contributed by atoms with Crippen LogP contribution in [0.4, 0.5) is 8.78 Å². The van der Waals surface area contributed by atoms with E-state index in [1.54, 1.807) is 50.9 Å². The molecule has 0 saturated carbocycles. The molecule has 0 spiro atoms. The van der Waals surface area contributed by atoms with Gasteiger partial charge in [-0.1, -0.05) is 18.2 Å². The number of aliphatic carboxylic acids is 1. The van der Waals surface area contributed by atoms with Crippen molar-refractivity contribution in [1.82, 2.24) is 4.90 Å². The molecule has 4 nitrogen and oxygen atoms in total. The van der Waals surface area contributed by atoms with Crippen molar-refractivity contribution in [2.75, 3.05) is 7.05 Å². The lowest BCUT2D eigenvalue weighted by atomic mass is 9.98. The summed E-state index contributed by atoms with van der Waals surface area (Å²) in [5.41, 5.74) is -0.609. The zero-order valence-corrected chi connectivity index (χ0v) is 11.9. The lowest BCUT2D eigenvalue weighted by Crippen LogP contribution is -2.48. The van der Waals surface area contributed by atoms with Crippen molar-refractivity contribution < 1.29 is 23.4 Å². The fourth-order valence-corrected chi connectivity index (χ4v) is 1.87. The van der Waals surface area contributed by atoms with Crippen molar-refractivity contribution in [3.8, 4) is 5.75 Å². The quantitative estimate of drug-likeness (QED) is 0.873. The van der Waals surface area contributed by atoms with Crippen LogP contribution in [0.2, 0.25) is 0 Å². The Morgan fingerprint density at radius 1 is 1.35 bits per heavy atom. The maximum absolute atomic E-state index is 12.4. The molecule has 0 aliphatic heterocycles. The molecular weight excluding hydrogens is 268 g/mol.